The van der Waals surface area contributed by atoms with E-state index in [-0.39, 0.29) is 5.82 Å². The molecule has 0 spiro atoms. The molecule has 4 heteroatoms. The lowest BCUT2D eigenvalue weighted by atomic mass is 10.1. The van der Waals surface area contributed by atoms with Crippen LogP contribution >= 0.6 is 0 Å². The molecule has 2 aromatic heterocycles. The molecular formula is C15H14FN3. The number of pyridine rings is 1. The van der Waals surface area contributed by atoms with Gasteiger partial charge in [-0.3, -0.25) is 4.98 Å². The fraction of sp³-hybridized carbons (Fsp3) is 0.200. The minimum absolute atomic E-state index is 0.239. The van der Waals surface area contributed by atoms with Crippen LogP contribution in [0.3, 0.4) is 0 Å². The third kappa shape index (κ3) is 1.89. The van der Waals surface area contributed by atoms with Crippen molar-refractivity contribution in [3.63, 3.8) is 0 Å². The molecule has 0 aliphatic heterocycles. The minimum Gasteiger partial charge on any atom is -0.324 e. The first-order chi connectivity index (χ1) is 9.20. The Morgan fingerprint density at radius 1 is 1.26 bits per heavy atom. The molecule has 3 nitrogen and oxygen atoms in total. The molecule has 0 aliphatic rings. The van der Waals surface area contributed by atoms with E-state index in [0.29, 0.717) is 0 Å². The lowest BCUT2D eigenvalue weighted by molar-refractivity contribution is 0.628. The number of aryl methyl sites for hydroxylation is 2. The molecule has 0 atom stereocenters. The van der Waals surface area contributed by atoms with Gasteiger partial charge in [0.15, 0.2) is 0 Å². The molecule has 2 heterocycles. The van der Waals surface area contributed by atoms with Gasteiger partial charge in [0.25, 0.3) is 0 Å². The van der Waals surface area contributed by atoms with Crippen molar-refractivity contribution in [3.05, 3.63) is 48.0 Å². The Kier molecular flexibility index (Phi) is 2.78. The van der Waals surface area contributed by atoms with Crippen molar-refractivity contribution >= 4 is 11.0 Å². The molecule has 0 unspecified atom stereocenters. The van der Waals surface area contributed by atoms with Crippen molar-refractivity contribution in [1.82, 2.24) is 14.5 Å². The Morgan fingerprint density at radius 2 is 2.11 bits per heavy atom. The second kappa shape index (κ2) is 4.46. The zero-order chi connectivity index (χ0) is 13.4. The molecule has 96 valence electrons. The van der Waals surface area contributed by atoms with Crippen LogP contribution in [0.25, 0.3) is 22.4 Å². The van der Waals surface area contributed by atoms with E-state index in [1.165, 1.54) is 12.1 Å². The maximum Gasteiger partial charge on any atom is 0.142 e. The number of hydrogen-bond donors (Lipinski definition) is 0. The summed E-state index contributed by atoms with van der Waals surface area (Å²) in [6.45, 7) is 4.79. The van der Waals surface area contributed by atoms with Crippen LogP contribution in [0.2, 0.25) is 0 Å². The number of fused-ring (bicyclic) bond motifs is 1. The summed E-state index contributed by atoms with van der Waals surface area (Å²) < 4.78 is 15.4. The van der Waals surface area contributed by atoms with Gasteiger partial charge in [-0.15, -0.1) is 0 Å². The predicted octanol–water partition coefficient (Wildman–Crippen LogP) is 3.57. The van der Waals surface area contributed by atoms with Crippen molar-refractivity contribution in [3.8, 4) is 11.4 Å². The van der Waals surface area contributed by atoms with Crippen molar-refractivity contribution < 1.29 is 4.39 Å². The second-order valence-electron chi connectivity index (χ2n) is 4.50. The van der Waals surface area contributed by atoms with Crippen molar-refractivity contribution in [2.45, 2.75) is 20.4 Å². The average Bonchev–Trinajstić information content (AvgIpc) is 2.76. The van der Waals surface area contributed by atoms with Gasteiger partial charge in [-0.25, -0.2) is 9.37 Å². The van der Waals surface area contributed by atoms with Crippen LogP contribution in [0.1, 0.15) is 12.5 Å². The summed E-state index contributed by atoms with van der Waals surface area (Å²) in [6.07, 6.45) is 3.57. The van der Waals surface area contributed by atoms with E-state index in [1.54, 1.807) is 18.5 Å². The van der Waals surface area contributed by atoms with Gasteiger partial charge in [0.05, 0.1) is 11.0 Å². The van der Waals surface area contributed by atoms with Crippen LogP contribution in [-0.2, 0) is 6.54 Å². The van der Waals surface area contributed by atoms with E-state index in [1.807, 2.05) is 24.5 Å². The summed E-state index contributed by atoms with van der Waals surface area (Å²) in [7, 11) is 0. The summed E-state index contributed by atoms with van der Waals surface area (Å²) in [6, 6.07) is 6.64. The molecule has 3 aromatic rings. The first-order valence-corrected chi connectivity index (χ1v) is 6.27. The Labute approximate surface area is 110 Å². The first kappa shape index (κ1) is 11.8. The molecule has 0 aliphatic carbocycles. The van der Waals surface area contributed by atoms with Crippen LogP contribution in [-0.4, -0.2) is 14.5 Å². The van der Waals surface area contributed by atoms with Gasteiger partial charge < -0.3 is 4.57 Å². The normalized spacial score (nSPS) is 11.1. The van der Waals surface area contributed by atoms with E-state index < -0.39 is 0 Å². The zero-order valence-corrected chi connectivity index (χ0v) is 10.9. The fourth-order valence-electron chi connectivity index (χ4n) is 2.32. The van der Waals surface area contributed by atoms with Crippen molar-refractivity contribution in [2.24, 2.45) is 0 Å². The predicted molar refractivity (Wildman–Crippen MR) is 73.3 cm³/mol. The summed E-state index contributed by atoms with van der Waals surface area (Å²) in [5.41, 5.74) is 3.73. The lowest BCUT2D eigenvalue weighted by Gasteiger charge is -2.07. The average molecular weight is 255 g/mol. The van der Waals surface area contributed by atoms with Crippen LogP contribution in [0.4, 0.5) is 4.39 Å². The highest BCUT2D eigenvalue weighted by atomic mass is 19.1. The highest BCUT2D eigenvalue weighted by Crippen LogP contribution is 2.26. The molecular weight excluding hydrogens is 241 g/mol. The Balaban J connectivity index is 2.33. The van der Waals surface area contributed by atoms with Crippen molar-refractivity contribution in [1.29, 1.82) is 0 Å². The number of rotatable bonds is 2. The van der Waals surface area contributed by atoms with Gasteiger partial charge in [-0.1, -0.05) is 0 Å². The van der Waals surface area contributed by atoms with Gasteiger partial charge in [0.2, 0.25) is 0 Å². The quantitative estimate of drug-likeness (QED) is 0.701. The molecule has 0 amide bonds. The summed E-state index contributed by atoms with van der Waals surface area (Å²) in [4.78, 5) is 8.77. The molecule has 19 heavy (non-hydrogen) atoms. The number of halogens is 1. The maximum absolute atomic E-state index is 13.4. The van der Waals surface area contributed by atoms with Gasteiger partial charge in [-0.2, -0.15) is 0 Å². The Bertz CT molecular complexity index is 746. The van der Waals surface area contributed by atoms with Gasteiger partial charge in [-0.05, 0) is 43.7 Å². The molecule has 0 saturated carbocycles. The minimum atomic E-state index is -0.239. The number of aromatic nitrogens is 3. The number of hydrogen-bond acceptors (Lipinski definition) is 2. The lowest BCUT2D eigenvalue weighted by Crippen LogP contribution is -1.99. The van der Waals surface area contributed by atoms with Crippen LogP contribution in [0.15, 0.2) is 36.7 Å². The standard InChI is InChI=1S/C15H14FN3/c1-3-19-14-8-11(16)4-5-13(14)18-15(19)12-9-17-7-6-10(12)2/h4-9H,3H2,1-2H3. The zero-order valence-electron chi connectivity index (χ0n) is 10.9. The number of benzene rings is 1. The Hall–Kier alpha value is -2.23. The highest BCUT2D eigenvalue weighted by molar-refractivity contribution is 5.81. The maximum atomic E-state index is 13.4. The van der Waals surface area contributed by atoms with E-state index >= 15 is 0 Å². The summed E-state index contributed by atoms with van der Waals surface area (Å²) in [5, 5.41) is 0. The summed E-state index contributed by atoms with van der Waals surface area (Å²) in [5.74, 6) is 0.602. The number of imidazole rings is 1. The molecule has 0 radical (unpaired) electrons. The topological polar surface area (TPSA) is 30.7 Å². The largest absolute Gasteiger partial charge is 0.324 e. The molecule has 0 fully saturated rings. The SMILES string of the molecule is CCn1c(-c2cnccc2C)nc2ccc(F)cc21. The smallest absolute Gasteiger partial charge is 0.142 e. The van der Waals surface area contributed by atoms with Gasteiger partial charge in [0, 0.05) is 24.5 Å². The van der Waals surface area contributed by atoms with Crippen LogP contribution in [0.5, 0.6) is 0 Å². The second-order valence-corrected chi connectivity index (χ2v) is 4.50. The van der Waals surface area contributed by atoms with Gasteiger partial charge in [0.1, 0.15) is 11.6 Å². The molecule has 0 saturated heterocycles. The van der Waals surface area contributed by atoms with Gasteiger partial charge >= 0.3 is 0 Å². The van der Waals surface area contributed by atoms with E-state index in [0.717, 1.165) is 34.5 Å². The van der Waals surface area contributed by atoms with E-state index in [2.05, 4.69) is 9.97 Å². The number of nitrogens with zero attached hydrogens (tertiary/aromatic N) is 3. The third-order valence-electron chi connectivity index (χ3n) is 3.31. The van der Waals surface area contributed by atoms with Crippen LogP contribution in [0, 0.1) is 12.7 Å². The van der Waals surface area contributed by atoms with Crippen molar-refractivity contribution in [2.75, 3.05) is 0 Å². The molecule has 0 N–H and O–H groups in total. The highest BCUT2D eigenvalue weighted by Gasteiger charge is 2.13. The monoisotopic (exact) mass is 255 g/mol. The molecule has 0 bridgehead atoms. The Morgan fingerprint density at radius 3 is 2.84 bits per heavy atom. The fourth-order valence-corrected chi connectivity index (χ4v) is 2.32. The third-order valence-corrected chi connectivity index (χ3v) is 3.31. The first-order valence-electron chi connectivity index (χ1n) is 6.27. The molecule has 1 aromatic carbocycles. The van der Waals surface area contributed by atoms with E-state index in [4.69, 9.17) is 0 Å². The summed E-state index contributed by atoms with van der Waals surface area (Å²) >= 11 is 0. The molecule has 3 rings (SSSR count). The van der Waals surface area contributed by atoms with E-state index in [9.17, 15) is 4.39 Å². The van der Waals surface area contributed by atoms with Crippen LogP contribution < -0.4 is 0 Å².